The van der Waals surface area contributed by atoms with Crippen LogP contribution in [0.3, 0.4) is 0 Å². The first kappa shape index (κ1) is 10.1. The van der Waals surface area contributed by atoms with Crippen molar-refractivity contribution in [1.82, 2.24) is 0 Å². The van der Waals surface area contributed by atoms with E-state index in [1.54, 1.807) is 0 Å². The molecule has 1 aromatic rings. The maximum atomic E-state index is 4.55. The molecule has 1 rings (SSSR count). The number of hydrogen-bond donors (Lipinski definition) is 0. The van der Waals surface area contributed by atoms with E-state index in [9.17, 15) is 0 Å². The predicted molar refractivity (Wildman–Crippen MR) is 59.4 cm³/mol. The Morgan fingerprint density at radius 2 is 1.77 bits per heavy atom. The van der Waals surface area contributed by atoms with Gasteiger partial charge in [0.1, 0.15) is 0 Å². The van der Waals surface area contributed by atoms with Crippen LogP contribution >= 0.6 is 12.2 Å². The number of hydrogen-bond acceptors (Lipinski definition) is 2. The summed E-state index contributed by atoms with van der Waals surface area (Å²) in [4.78, 5) is 3.96. The van der Waals surface area contributed by atoms with E-state index in [-0.39, 0.29) is 0 Å². The van der Waals surface area contributed by atoms with E-state index >= 15 is 0 Å². The summed E-state index contributed by atoms with van der Waals surface area (Å²) in [6.07, 6.45) is 0. The molecular weight excluding hydrogens is 178 g/mol. The lowest BCUT2D eigenvalue weighted by Crippen LogP contribution is -1.93. The van der Waals surface area contributed by atoms with Gasteiger partial charge in [0.25, 0.3) is 0 Å². The first-order valence-electron chi connectivity index (χ1n) is 4.25. The summed E-state index contributed by atoms with van der Waals surface area (Å²) in [7, 11) is 0. The summed E-state index contributed by atoms with van der Waals surface area (Å²) in [6.45, 7) is 6.97. The maximum Gasteiger partial charge on any atom is 0.0748 e. The van der Waals surface area contributed by atoms with E-state index < -0.39 is 0 Å². The third-order valence-corrected chi connectivity index (χ3v) is 2.27. The normalized spacial score (nSPS) is 9.46. The maximum absolute atomic E-state index is 4.55. The Balaban J connectivity index is 3.12. The van der Waals surface area contributed by atoms with Gasteiger partial charge >= 0.3 is 0 Å². The van der Waals surface area contributed by atoms with Crippen molar-refractivity contribution in [3.05, 3.63) is 34.4 Å². The molecule has 68 valence electrons. The largest absolute Gasteiger partial charge is 0.228 e. The summed E-state index contributed by atoms with van der Waals surface area (Å²) >= 11 is 4.55. The van der Waals surface area contributed by atoms with Crippen molar-refractivity contribution in [1.29, 1.82) is 0 Å². The lowest BCUT2D eigenvalue weighted by atomic mass is 10.0. The lowest BCUT2D eigenvalue weighted by molar-refractivity contribution is 1.03. The van der Waals surface area contributed by atoms with Crippen molar-refractivity contribution in [2.45, 2.75) is 27.3 Å². The fourth-order valence-electron chi connectivity index (χ4n) is 1.57. The van der Waals surface area contributed by atoms with Crippen LogP contribution in [0.5, 0.6) is 0 Å². The molecule has 0 N–H and O–H groups in total. The molecule has 0 aliphatic carbocycles. The Labute approximate surface area is 84.5 Å². The minimum atomic E-state index is 0.654. The molecule has 2 heteroatoms. The van der Waals surface area contributed by atoms with E-state index in [2.05, 4.69) is 55.3 Å². The molecule has 0 aromatic heterocycles. The molecule has 0 aliphatic rings. The number of aryl methyl sites for hydroxylation is 3. The van der Waals surface area contributed by atoms with E-state index in [0.29, 0.717) is 6.54 Å². The van der Waals surface area contributed by atoms with E-state index in [4.69, 9.17) is 0 Å². The first-order chi connectivity index (χ1) is 6.15. The van der Waals surface area contributed by atoms with Crippen molar-refractivity contribution < 1.29 is 0 Å². The number of thiocarbonyl (C=S) groups is 1. The quantitative estimate of drug-likeness (QED) is 0.516. The zero-order valence-electron chi connectivity index (χ0n) is 8.22. The lowest BCUT2D eigenvalue weighted by Gasteiger charge is -2.07. The van der Waals surface area contributed by atoms with Crippen molar-refractivity contribution in [2.75, 3.05) is 0 Å². The molecule has 0 bridgehead atoms. The molecule has 0 heterocycles. The number of aliphatic imine (C=N–C) groups is 1. The summed E-state index contributed by atoms with van der Waals surface area (Å²) in [5.41, 5.74) is 5.13. The molecule has 0 fully saturated rings. The smallest absolute Gasteiger partial charge is 0.0748 e. The highest BCUT2D eigenvalue weighted by Crippen LogP contribution is 2.16. The third kappa shape index (κ3) is 2.48. The monoisotopic (exact) mass is 191 g/mol. The highest BCUT2D eigenvalue weighted by Gasteiger charge is 2.01. The molecule has 0 radical (unpaired) electrons. The molecular formula is C11H13NS. The molecule has 0 spiro atoms. The van der Waals surface area contributed by atoms with Gasteiger partial charge in [-0.1, -0.05) is 17.7 Å². The van der Waals surface area contributed by atoms with Crippen LogP contribution < -0.4 is 0 Å². The van der Waals surface area contributed by atoms with Crippen molar-refractivity contribution in [2.24, 2.45) is 4.99 Å². The molecule has 0 unspecified atom stereocenters. The van der Waals surface area contributed by atoms with Gasteiger partial charge < -0.3 is 0 Å². The van der Waals surface area contributed by atoms with Crippen LogP contribution in [0.15, 0.2) is 17.1 Å². The van der Waals surface area contributed by atoms with Gasteiger partial charge in [-0.05, 0) is 49.7 Å². The van der Waals surface area contributed by atoms with Crippen molar-refractivity contribution >= 4 is 17.4 Å². The average molecular weight is 191 g/mol. The molecule has 13 heavy (non-hydrogen) atoms. The van der Waals surface area contributed by atoms with Crippen molar-refractivity contribution in [3.8, 4) is 0 Å². The van der Waals surface area contributed by atoms with Crippen LogP contribution in [-0.4, -0.2) is 5.16 Å². The summed E-state index contributed by atoms with van der Waals surface area (Å²) in [6, 6.07) is 4.34. The summed E-state index contributed by atoms with van der Waals surface area (Å²) in [5, 5.41) is 2.39. The first-order valence-corrected chi connectivity index (χ1v) is 4.66. The highest BCUT2D eigenvalue weighted by atomic mass is 32.1. The van der Waals surface area contributed by atoms with Crippen LogP contribution in [0.1, 0.15) is 22.3 Å². The van der Waals surface area contributed by atoms with Gasteiger partial charge in [0, 0.05) is 0 Å². The van der Waals surface area contributed by atoms with E-state index in [1.165, 1.54) is 22.3 Å². The standard InChI is InChI=1S/C11H13NS/c1-8-4-9(2)11(6-12-7-13)10(3)5-8/h4-5H,6H2,1-3H3. The number of benzene rings is 1. The van der Waals surface area contributed by atoms with Crippen LogP contribution in [-0.2, 0) is 6.54 Å². The Hall–Kier alpha value is -0.980. The van der Waals surface area contributed by atoms with Crippen LogP contribution in [0, 0.1) is 20.8 Å². The van der Waals surface area contributed by atoms with Crippen molar-refractivity contribution in [3.63, 3.8) is 0 Å². The number of isothiocyanates is 1. The Kier molecular flexibility index (Phi) is 3.35. The van der Waals surface area contributed by atoms with Gasteiger partial charge in [-0.25, -0.2) is 4.99 Å². The Morgan fingerprint density at radius 3 is 2.23 bits per heavy atom. The molecule has 1 aromatic carbocycles. The highest BCUT2D eigenvalue weighted by molar-refractivity contribution is 7.78. The SMILES string of the molecule is Cc1cc(C)c(CN=C=S)c(C)c1. The molecule has 0 saturated carbocycles. The van der Waals surface area contributed by atoms with Crippen LogP contribution in [0.4, 0.5) is 0 Å². The summed E-state index contributed by atoms with van der Waals surface area (Å²) < 4.78 is 0. The molecule has 0 aliphatic heterocycles. The molecule has 0 atom stereocenters. The predicted octanol–water partition coefficient (Wildman–Crippen LogP) is 3.21. The summed E-state index contributed by atoms with van der Waals surface area (Å²) in [5.74, 6) is 0. The van der Waals surface area contributed by atoms with Crippen LogP contribution in [0.2, 0.25) is 0 Å². The van der Waals surface area contributed by atoms with Gasteiger partial charge in [0.05, 0.1) is 11.7 Å². The van der Waals surface area contributed by atoms with Gasteiger partial charge in [-0.15, -0.1) is 0 Å². The second-order valence-electron chi connectivity index (χ2n) is 3.28. The number of rotatable bonds is 2. The minimum absolute atomic E-state index is 0.654. The number of nitrogens with zero attached hydrogens (tertiary/aromatic N) is 1. The third-order valence-electron chi connectivity index (χ3n) is 2.14. The Bertz CT molecular complexity index is 339. The van der Waals surface area contributed by atoms with Gasteiger partial charge in [-0.3, -0.25) is 0 Å². The Morgan fingerprint density at radius 1 is 1.23 bits per heavy atom. The second kappa shape index (κ2) is 4.31. The van der Waals surface area contributed by atoms with E-state index in [1.807, 2.05) is 0 Å². The fourth-order valence-corrected chi connectivity index (χ4v) is 1.64. The fraction of sp³-hybridized carbons (Fsp3) is 0.364. The molecule has 1 nitrogen and oxygen atoms in total. The minimum Gasteiger partial charge on any atom is -0.228 e. The molecule has 0 amide bonds. The zero-order valence-corrected chi connectivity index (χ0v) is 9.03. The molecule has 0 saturated heterocycles. The van der Waals surface area contributed by atoms with Gasteiger partial charge in [0.15, 0.2) is 0 Å². The van der Waals surface area contributed by atoms with Crippen LogP contribution in [0.25, 0.3) is 0 Å². The second-order valence-corrected chi connectivity index (χ2v) is 3.47. The van der Waals surface area contributed by atoms with Gasteiger partial charge in [-0.2, -0.15) is 0 Å². The van der Waals surface area contributed by atoms with Gasteiger partial charge in [0.2, 0.25) is 0 Å². The topological polar surface area (TPSA) is 12.4 Å². The zero-order chi connectivity index (χ0) is 9.84. The van der Waals surface area contributed by atoms with E-state index in [0.717, 1.165) is 0 Å². The average Bonchev–Trinajstić information content (AvgIpc) is 2.02.